The molecule has 0 unspecified atom stereocenters. The van der Waals surface area contributed by atoms with Gasteiger partial charge in [0.1, 0.15) is 17.8 Å². The highest BCUT2D eigenvalue weighted by atomic mass is 19.2. The van der Waals surface area contributed by atoms with Crippen LogP contribution in [0.3, 0.4) is 0 Å². The SMILES string of the molecule is Cc1cccc(Nc2cc(C(=O)Nc3ccc(F)c(F)c3F)ncn2)c1C. The Hall–Kier alpha value is -3.42. The summed E-state index contributed by atoms with van der Waals surface area (Å²) in [6, 6.07) is 8.74. The summed E-state index contributed by atoms with van der Waals surface area (Å²) in [5, 5.41) is 5.25. The van der Waals surface area contributed by atoms with Gasteiger partial charge in [-0.1, -0.05) is 12.1 Å². The Morgan fingerprint density at radius 1 is 0.963 bits per heavy atom. The number of aryl methyl sites for hydroxylation is 1. The van der Waals surface area contributed by atoms with E-state index in [9.17, 15) is 18.0 Å². The summed E-state index contributed by atoms with van der Waals surface area (Å²) < 4.78 is 40.0. The molecule has 0 fully saturated rings. The minimum Gasteiger partial charge on any atom is -0.340 e. The first-order valence-electron chi connectivity index (χ1n) is 7.97. The summed E-state index contributed by atoms with van der Waals surface area (Å²) >= 11 is 0. The molecule has 5 nitrogen and oxygen atoms in total. The van der Waals surface area contributed by atoms with E-state index in [0.29, 0.717) is 5.82 Å². The van der Waals surface area contributed by atoms with E-state index in [1.807, 2.05) is 32.0 Å². The lowest BCUT2D eigenvalue weighted by Crippen LogP contribution is -2.16. The minimum atomic E-state index is -1.66. The maximum atomic E-state index is 13.7. The van der Waals surface area contributed by atoms with Gasteiger partial charge in [-0.3, -0.25) is 4.79 Å². The zero-order valence-electron chi connectivity index (χ0n) is 14.5. The highest BCUT2D eigenvalue weighted by Gasteiger charge is 2.17. The molecule has 1 aromatic heterocycles. The average Bonchev–Trinajstić information content (AvgIpc) is 2.66. The summed E-state index contributed by atoms with van der Waals surface area (Å²) in [5.74, 6) is -4.91. The molecule has 0 aliphatic rings. The predicted octanol–water partition coefficient (Wildman–Crippen LogP) is 4.51. The molecule has 0 radical (unpaired) electrons. The van der Waals surface area contributed by atoms with Gasteiger partial charge in [-0.15, -0.1) is 0 Å². The molecule has 0 saturated heterocycles. The molecule has 0 bridgehead atoms. The third kappa shape index (κ3) is 3.89. The van der Waals surface area contributed by atoms with Crippen molar-refractivity contribution in [2.45, 2.75) is 13.8 Å². The van der Waals surface area contributed by atoms with E-state index >= 15 is 0 Å². The van der Waals surface area contributed by atoms with Gasteiger partial charge in [0.05, 0.1) is 5.69 Å². The van der Waals surface area contributed by atoms with E-state index in [1.54, 1.807) is 0 Å². The van der Waals surface area contributed by atoms with Crippen LogP contribution < -0.4 is 10.6 Å². The van der Waals surface area contributed by atoms with E-state index in [1.165, 1.54) is 12.4 Å². The molecule has 138 valence electrons. The van der Waals surface area contributed by atoms with Crippen molar-refractivity contribution in [3.63, 3.8) is 0 Å². The number of carbonyl (C=O) groups excluding carboxylic acids is 1. The van der Waals surface area contributed by atoms with Gasteiger partial charge in [0, 0.05) is 11.8 Å². The first kappa shape index (κ1) is 18.4. The van der Waals surface area contributed by atoms with Crippen LogP contribution in [-0.2, 0) is 0 Å². The van der Waals surface area contributed by atoms with Crippen molar-refractivity contribution in [2.75, 3.05) is 10.6 Å². The van der Waals surface area contributed by atoms with Crippen molar-refractivity contribution < 1.29 is 18.0 Å². The van der Waals surface area contributed by atoms with Crippen LogP contribution in [0.5, 0.6) is 0 Å². The van der Waals surface area contributed by atoms with Crippen molar-refractivity contribution in [3.8, 4) is 0 Å². The fourth-order valence-corrected chi connectivity index (χ4v) is 2.38. The number of halogens is 3. The number of hydrogen-bond acceptors (Lipinski definition) is 4. The van der Waals surface area contributed by atoms with E-state index in [-0.39, 0.29) is 5.69 Å². The van der Waals surface area contributed by atoms with Gasteiger partial charge in [-0.05, 0) is 43.2 Å². The van der Waals surface area contributed by atoms with Gasteiger partial charge in [0.25, 0.3) is 5.91 Å². The van der Waals surface area contributed by atoms with Crippen LogP contribution in [0.4, 0.5) is 30.4 Å². The van der Waals surface area contributed by atoms with Crippen LogP contribution in [0.25, 0.3) is 0 Å². The summed E-state index contributed by atoms with van der Waals surface area (Å²) in [4.78, 5) is 20.2. The zero-order valence-corrected chi connectivity index (χ0v) is 14.5. The van der Waals surface area contributed by atoms with E-state index in [4.69, 9.17) is 0 Å². The first-order chi connectivity index (χ1) is 12.9. The monoisotopic (exact) mass is 372 g/mol. The summed E-state index contributed by atoms with van der Waals surface area (Å²) in [7, 11) is 0. The Labute approximate surface area is 153 Å². The zero-order chi connectivity index (χ0) is 19.6. The maximum absolute atomic E-state index is 13.7. The molecule has 1 heterocycles. The molecular formula is C19H15F3N4O. The Morgan fingerprint density at radius 2 is 1.74 bits per heavy atom. The molecule has 0 aliphatic carbocycles. The normalized spacial score (nSPS) is 10.6. The molecular weight excluding hydrogens is 357 g/mol. The second-order valence-electron chi connectivity index (χ2n) is 5.84. The van der Waals surface area contributed by atoms with Gasteiger partial charge in [0.2, 0.25) is 0 Å². The van der Waals surface area contributed by atoms with Crippen LogP contribution in [0, 0.1) is 31.3 Å². The van der Waals surface area contributed by atoms with Gasteiger partial charge < -0.3 is 10.6 Å². The predicted molar refractivity (Wildman–Crippen MR) is 95.5 cm³/mol. The summed E-state index contributed by atoms with van der Waals surface area (Å²) in [5.41, 5.74) is 2.36. The van der Waals surface area contributed by atoms with Gasteiger partial charge in [0.15, 0.2) is 17.5 Å². The van der Waals surface area contributed by atoms with Crippen molar-refractivity contribution >= 4 is 23.1 Å². The quantitative estimate of drug-likeness (QED) is 0.662. The third-order valence-corrected chi connectivity index (χ3v) is 4.05. The van der Waals surface area contributed by atoms with Crippen molar-refractivity contribution in [3.05, 3.63) is 77.0 Å². The standard InChI is InChI=1S/C19H15F3N4O/c1-10-4-3-5-13(11(10)2)25-16-8-15(23-9-24-16)19(27)26-14-7-6-12(20)17(21)18(14)22/h3-9H,1-2H3,(H,26,27)(H,23,24,25). The molecule has 3 aromatic rings. The minimum absolute atomic E-state index is 0.0676. The Balaban J connectivity index is 1.82. The molecule has 2 N–H and O–H groups in total. The second-order valence-corrected chi connectivity index (χ2v) is 5.84. The van der Waals surface area contributed by atoms with Crippen molar-refractivity contribution in [1.82, 2.24) is 9.97 Å². The number of nitrogens with one attached hydrogen (secondary N) is 2. The number of aromatic nitrogens is 2. The van der Waals surface area contributed by atoms with Gasteiger partial charge in [-0.2, -0.15) is 0 Å². The third-order valence-electron chi connectivity index (χ3n) is 4.05. The lowest BCUT2D eigenvalue weighted by atomic mass is 10.1. The highest BCUT2D eigenvalue weighted by molar-refractivity contribution is 6.03. The Morgan fingerprint density at radius 3 is 2.52 bits per heavy atom. The number of hydrogen-bond donors (Lipinski definition) is 2. The van der Waals surface area contributed by atoms with Crippen LogP contribution in [-0.4, -0.2) is 15.9 Å². The lowest BCUT2D eigenvalue weighted by molar-refractivity contribution is 0.102. The van der Waals surface area contributed by atoms with E-state index in [2.05, 4.69) is 20.6 Å². The topological polar surface area (TPSA) is 66.9 Å². The molecule has 27 heavy (non-hydrogen) atoms. The molecule has 0 saturated carbocycles. The van der Waals surface area contributed by atoms with E-state index in [0.717, 1.165) is 28.9 Å². The van der Waals surface area contributed by atoms with Gasteiger partial charge in [-0.25, -0.2) is 23.1 Å². The van der Waals surface area contributed by atoms with Crippen LogP contribution in [0.1, 0.15) is 21.6 Å². The molecule has 1 amide bonds. The maximum Gasteiger partial charge on any atom is 0.274 e. The highest BCUT2D eigenvalue weighted by Crippen LogP contribution is 2.23. The van der Waals surface area contributed by atoms with Crippen molar-refractivity contribution in [2.24, 2.45) is 0 Å². The van der Waals surface area contributed by atoms with E-state index < -0.39 is 29.0 Å². The summed E-state index contributed by atoms with van der Waals surface area (Å²) in [6.07, 6.45) is 1.17. The average molecular weight is 372 g/mol. The number of amides is 1. The number of carbonyl (C=O) groups is 1. The van der Waals surface area contributed by atoms with Crippen LogP contribution in [0.2, 0.25) is 0 Å². The lowest BCUT2D eigenvalue weighted by Gasteiger charge is -2.11. The number of anilines is 3. The molecule has 8 heteroatoms. The Bertz CT molecular complexity index is 1020. The second kappa shape index (κ2) is 7.45. The number of benzene rings is 2. The fourth-order valence-electron chi connectivity index (χ4n) is 2.38. The van der Waals surface area contributed by atoms with Crippen molar-refractivity contribution in [1.29, 1.82) is 0 Å². The molecule has 0 aliphatic heterocycles. The fraction of sp³-hybridized carbons (Fsp3) is 0.105. The summed E-state index contributed by atoms with van der Waals surface area (Å²) in [6.45, 7) is 3.91. The van der Waals surface area contributed by atoms with Crippen LogP contribution in [0.15, 0.2) is 42.7 Å². The molecule has 2 aromatic carbocycles. The van der Waals surface area contributed by atoms with Crippen LogP contribution >= 0.6 is 0 Å². The molecule has 3 rings (SSSR count). The number of rotatable bonds is 4. The largest absolute Gasteiger partial charge is 0.340 e. The Kier molecular flexibility index (Phi) is 5.07. The smallest absolute Gasteiger partial charge is 0.274 e. The first-order valence-corrected chi connectivity index (χ1v) is 7.97. The molecule has 0 atom stereocenters. The van der Waals surface area contributed by atoms with Gasteiger partial charge >= 0.3 is 0 Å². The molecule has 0 spiro atoms. The number of nitrogens with zero attached hydrogens (tertiary/aromatic N) is 2.